The summed E-state index contributed by atoms with van der Waals surface area (Å²) < 4.78 is 28.6. The summed E-state index contributed by atoms with van der Waals surface area (Å²) in [5.41, 5.74) is 2.27. The van der Waals surface area contributed by atoms with Crippen LogP contribution >= 0.6 is 11.6 Å². The average molecular weight is 433 g/mol. The molecule has 0 spiro atoms. The van der Waals surface area contributed by atoms with Gasteiger partial charge in [0.2, 0.25) is 5.91 Å². The van der Waals surface area contributed by atoms with Gasteiger partial charge in [0.25, 0.3) is 10.0 Å². The third-order valence-corrected chi connectivity index (χ3v) is 6.81. The van der Waals surface area contributed by atoms with Crippen molar-refractivity contribution < 1.29 is 13.2 Å². The van der Waals surface area contributed by atoms with Gasteiger partial charge in [0, 0.05) is 12.7 Å². The molecule has 9 heteroatoms. The van der Waals surface area contributed by atoms with E-state index in [9.17, 15) is 13.2 Å². The van der Waals surface area contributed by atoms with Crippen LogP contribution in [0.15, 0.2) is 59.5 Å². The Morgan fingerprint density at radius 1 is 1.14 bits per heavy atom. The van der Waals surface area contributed by atoms with Crippen LogP contribution in [0.3, 0.4) is 0 Å². The number of sulfonamides is 1. The van der Waals surface area contributed by atoms with E-state index in [4.69, 9.17) is 11.6 Å². The number of aromatic nitrogens is 2. The molecule has 0 bridgehead atoms. The summed E-state index contributed by atoms with van der Waals surface area (Å²) in [4.78, 5) is 12.5. The van der Waals surface area contributed by atoms with Crippen LogP contribution in [0.2, 0.25) is 5.02 Å². The summed E-state index contributed by atoms with van der Waals surface area (Å²) in [6.45, 7) is 3.52. The Balaban J connectivity index is 1.78. The zero-order chi connectivity index (χ0) is 21.2. The molecule has 1 N–H and O–H groups in total. The predicted octanol–water partition coefficient (Wildman–Crippen LogP) is 3.62. The van der Waals surface area contributed by atoms with E-state index in [2.05, 4.69) is 10.4 Å². The van der Waals surface area contributed by atoms with Crippen molar-refractivity contribution in [2.45, 2.75) is 25.3 Å². The molecule has 3 aromatic rings. The van der Waals surface area contributed by atoms with E-state index in [0.717, 1.165) is 0 Å². The van der Waals surface area contributed by atoms with Crippen LogP contribution in [0.4, 0.5) is 11.4 Å². The molecule has 7 nitrogen and oxygen atoms in total. The van der Waals surface area contributed by atoms with E-state index >= 15 is 0 Å². The molecule has 0 aliphatic heterocycles. The SMILES string of the molecule is Cc1nn(CC(=O)Nc2cccc(S(=O)(=O)N(C)c3ccccc3)c2)c(C)c1Cl. The van der Waals surface area contributed by atoms with E-state index in [1.807, 2.05) is 6.07 Å². The lowest BCUT2D eigenvalue weighted by atomic mass is 10.3. The molecule has 0 aliphatic carbocycles. The Morgan fingerprint density at radius 3 is 2.45 bits per heavy atom. The Labute approximate surface area is 175 Å². The first-order chi connectivity index (χ1) is 13.7. The Kier molecular flexibility index (Phi) is 5.95. The van der Waals surface area contributed by atoms with Gasteiger partial charge in [0.05, 0.1) is 27.0 Å². The van der Waals surface area contributed by atoms with Gasteiger partial charge in [0.1, 0.15) is 6.54 Å². The molecular formula is C20H21ClN4O3S. The molecule has 0 radical (unpaired) electrons. The van der Waals surface area contributed by atoms with Crippen molar-refractivity contribution in [2.24, 2.45) is 0 Å². The number of anilines is 2. The maximum atomic E-state index is 12.9. The number of rotatable bonds is 6. The smallest absolute Gasteiger partial charge is 0.264 e. The third kappa shape index (κ3) is 4.44. The van der Waals surface area contributed by atoms with E-state index in [-0.39, 0.29) is 17.3 Å². The zero-order valence-electron chi connectivity index (χ0n) is 16.3. The first kappa shape index (κ1) is 20.9. The first-order valence-corrected chi connectivity index (χ1v) is 10.7. The average Bonchev–Trinajstić information content (AvgIpc) is 2.94. The van der Waals surface area contributed by atoms with Crippen molar-refractivity contribution in [3.05, 3.63) is 71.0 Å². The highest BCUT2D eigenvalue weighted by Crippen LogP contribution is 2.24. The zero-order valence-corrected chi connectivity index (χ0v) is 17.8. The maximum absolute atomic E-state index is 12.9. The van der Waals surface area contributed by atoms with Gasteiger partial charge in [-0.05, 0) is 44.2 Å². The van der Waals surface area contributed by atoms with E-state index in [0.29, 0.717) is 27.8 Å². The van der Waals surface area contributed by atoms with Crippen LogP contribution in [-0.2, 0) is 21.4 Å². The highest BCUT2D eigenvalue weighted by molar-refractivity contribution is 7.92. The largest absolute Gasteiger partial charge is 0.324 e. The second kappa shape index (κ2) is 8.26. The highest BCUT2D eigenvalue weighted by Gasteiger charge is 2.22. The van der Waals surface area contributed by atoms with Gasteiger partial charge in [-0.1, -0.05) is 35.9 Å². The van der Waals surface area contributed by atoms with Gasteiger partial charge in [0.15, 0.2) is 0 Å². The molecule has 3 rings (SSSR count). The molecule has 1 heterocycles. The molecule has 0 unspecified atom stereocenters. The van der Waals surface area contributed by atoms with Crippen LogP contribution < -0.4 is 9.62 Å². The Bertz CT molecular complexity index is 1140. The number of benzene rings is 2. The number of carbonyl (C=O) groups excluding carboxylic acids is 1. The molecule has 152 valence electrons. The van der Waals surface area contributed by atoms with Crippen LogP contribution in [-0.4, -0.2) is 31.2 Å². The van der Waals surface area contributed by atoms with Gasteiger partial charge >= 0.3 is 0 Å². The number of carbonyl (C=O) groups is 1. The molecule has 0 atom stereocenters. The monoisotopic (exact) mass is 432 g/mol. The van der Waals surface area contributed by atoms with Gasteiger partial charge in [-0.2, -0.15) is 5.10 Å². The van der Waals surface area contributed by atoms with E-state index in [1.54, 1.807) is 50.2 Å². The van der Waals surface area contributed by atoms with Crippen molar-refractivity contribution in [3.8, 4) is 0 Å². The molecule has 2 aromatic carbocycles. The summed E-state index contributed by atoms with van der Waals surface area (Å²) >= 11 is 6.11. The number of nitrogens with zero attached hydrogens (tertiary/aromatic N) is 3. The van der Waals surface area contributed by atoms with Crippen molar-refractivity contribution in [3.63, 3.8) is 0 Å². The highest BCUT2D eigenvalue weighted by atomic mass is 35.5. The summed E-state index contributed by atoms with van der Waals surface area (Å²) in [6, 6.07) is 14.9. The molecule has 1 amide bonds. The number of nitrogens with one attached hydrogen (secondary N) is 1. The fourth-order valence-corrected chi connectivity index (χ4v) is 4.21. The third-order valence-electron chi connectivity index (χ3n) is 4.48. The fourth-order valence-electron chi connectivity index (χ4n) is 2.83. The van der Waals surface area contributed by atoms with E-state index in [1.165, 1.54) is 28.2 Å². The minimum atomic E-state index is -3.77. The maximum Gasteiger partial charge on any atom is 0.264 e. The number of hydrogen-bond donors (Lipinski definition) is 1. The lowest BCUT2D eigenvalue weighted by Crippen LogP contribution is -2.26. The second-order valence-corrected chi connectivity index (χ2v) is 8.87. The Morgan fingerprint density at radius 2 is 1.83 bits per heavy atom. The van der Waals surface area contributed by atoms with Crippen LogP contribution in [0.25, 0.3) is 0 Å². The van der Waals surface area contributed by atoms with Gasteiger partial charge < -0.3 is 5.32 Å². The number of amides is 1. The Hall–Kier alpha value is -2.84. The topological polar surface area (TPSA) is 84.3 Å². The van der Waals surface area contributed by atoms with E-state index < -0.39 is 10.0 Å². The number of para-hydroxylation sites is 1. The van der Waals surface area contributed by atoms with Crippen molar-refractivity contribution >= 4 is 38.9 Å². The molecule has 0 saturated carbocycles. The van der Waals surface area contributed by atoms with Gasteiger partial charge in [-0.15, -0.1) is 0 Å². The molecule has 0 fully saturated rings. The number of hydrogen-bond acceptors (Lipinski definition) is 4. The summed E-state index contributed by atoms with van der Waals surface area (Å²) in [5.74, 6) is -0.335. The normalized spacial score (nSPS) is 11.3. The molecule has 0 saturated heterocycles. The number of aryl methyl sites for hydroxylation is 1. The standard InChI is InChI=1S/C20H21ClN4O3S/c1-14-20(21)15(2)25(23-14)13-19(26)22-16-8-7-11-18(12-16)29(27,28)24(3)17-9-5-4-6-10-17/h4-12H,13H2,1-3H3,(H,22,26). The fraction of sp³-hybridized carbons (Fsp3) is 0.200. The second-order valence-electron chi connectivity index (χ2n) is 6.53. The summed E-state index contributed by atoms with van der Waals surface area (Å²) in [7, 11) is -2.28. The first-order valence-electron chi connectivity index (χ1n) is 8.83. The molecular weight excluding hydrogens is 412 g/mol. The molecule has 0 aliphatic rings. The van der Waals surface area contributed by atoms with Crippen LogP contribution in [0.5, 0.6) is 0 Å². The quantitative estimate of drug-likeness (QED) is 0.644. The minimum absolute atomic E-state index is 0.0275. The summed E-state index contributed by atoms with van der Waals surface area (Å²) in [6.07, 6.45) is 0. The summed E-state index contributed by atoms with van der Waals surface area (Å²) in [5, 5.41) is 7.46. The van der Waals surface area contributed by atoms with Crippen LogP contribution in [0, 0.1) is 13.8 Å². The van der Waals surface area contributed by atoms with Gasteiger partial charge in [-0.25, -0.2) is 8.42 Å². The minimum Gasteiger partial charge on any atom is -0.324 e. The van der Waals surface area contributed by atoms with Crippen molar-refractivity contribution in [1.82, 2.24) is 9.78 Å². The van der Waals surface area contributed by atoms with Crippen LogP contribution in [0.1, 0.15) is 11.4 Å². The van der Waals surface area contributed by atoms with Crippen molar-refractivity contribution in [2.75, 3.05) is 16.7 Å². The molecule has 29 heavy (non-hydrogen) atoms. The van der Waals surface area contributed by atoms with Crippen molar-refractivity contribution in [1.29, 1.82) is 0 Å². The lowest BCUT2D eigenvalue weighted by Gasteiger charge is -2.20. The van der Waals surface area contributed by atoms with Gasteiger partial charge in [-0.3, -0.25) is 13.8 Å². The lowest BCUT2D eigenvalue weighted by molar-refractivity contribution is -0.116. The number of halogens is 1. The predicted molar refractivity (Wildman–Crippen MR) is 114 cm³/mol. The molecule has 1 aromatic heterocycles.